The first-order chi connectivity index (χ1) is 12.3. The fraction of sp³-hybridized carbons (Fsp3) is 0.529. The number of aromatic nitrogens is 1. The van der Waals surface area contributed by atoms with Crippen LogP contribution in [-0.2, 0) is 14.3 Å². The number of methoxy groups -OCH3 is 1. The van der Waals surface area contributed by atoms with E-state index in [0.29, 0.717) is 18.8 Å². The molecule has 2 N–H and O–H groups in total. The Morgan fingerprint density at radius 3 is 2.65 bits per heavy atom. The van der Waals surface area contributed by atoms with Crippen molar-refractivity contribution >= 4 is 39.7 Å². The predicted molar refractivity (Wildman–Crippen MR) is 99.5 cm³/mol. The van der Waals surface area contributed by atoms with Gasteiger partial charge in [0.1, 0.15) is 17.9 Å². The minimum Gasteiger partial charge on any atom is -0.453 e. The lowest BCUT2D eigenvalue weighted by Gasteiger charge is -2.30. The molecule has 1 aromatic heterocycles. The molecule has 1 aromatic rings. The highest BCUT2D eigenvalue weighted by Gasteiger charge is 2.38. The second-order valence-corrected chi connectivity index (χ2v) is 7.31. The van der Waals surface area contributed by atoms with Crippen molar-refractivity contribution in [3.8, 4) is 0 Å². The topological polar surface area (TPSA) is 101 Å². The second-order valence-electron chi connectivity index (χ2n) is 6.40. The van der Waals surface area contributed by atoms with Gasteiger partial charge < -0.3 is 20.3 Å². The van der Waals surface area contributed by atoms with Gasteiger partial charge in [0.15, 0.2) is 0 Å². The van der Waals surface area contributed by atoms with E-state index >= 15 is 0 Å². The van der Waals surface area contributed by atoms with E-state index in [1.807, 2.05) is 13.8 Å². The van der Waals surface area contributed by atoms with Gasteiger partial charge in [-0.3, -0.25) is 9.59 Å². The van der Waals surface area contributed by atoms with Crippen LogP contribution in [0.15, 0.2) is 22.8 Å². The summed E-state index contributed by atoms with van der Waals surface area (Å²) in [4.78, 5) is 42.7. The number of carbonyl (C=O) groups excluding carboxylic acids is 3. The van der Waals surface area contributed by atoms with Crippen LogP contribution in [0.5, 0.6) is 0 Å². The molecule has 0 radical (unpaired) electrons. The summed E-state index contributed by atoms with van der Waals surface area (Å²) in [5.41, 5.74) is 0. The molecule has 0 aromatic carbocycles. The number of alkyl carbamates (subject to hydrolysis) is 1. The molecule has 0 bridgehead atoms. The number of hydrogen-bond donors (Lipinski definition) is 2. The van der Waals surface area contributed by atoms with Crippen LogP contribution >= 0.6 is 15.9 Å². The smallest absolute Gasteiger partial charge is 0.407 e. The number of likely N-dealkylation sites (tertiary alicyclic amines) is 1. The third kappa shape index (κ3) is 4.94. The van der Waals surface area contributed by atoms with Crippen LogP contribution in [0.3, 0.4) is 0 Å². The maximum Gasteiger partial charge on any atom is 0.407 e. The Kier molecular flexibility index (Phi) is 6.96. The molecule has 2 unspecified atom stereocenters. The first-order valence-electron chi connectivity index (χ1n) is 8.41. The van der Waals surface area contributed by atoms with Crippen molar-refractivity contribution in [2.75, 3.05) is 19.0 Å². The highest BCUT2D eigenvalue weighted by atomic mass is 79.9. The van der Waals surface area contributed by atoms with Crippen LogP contribution < -0.4 is 10.6 Å². The van der Waals surface area contributed by atoms with E-state index in [1.54, 1.807) is 18.3 Å². The van der Waals surface area contributed by atoms with Crippen LogP contribution in [0.4, 0.5) is 10.6 Å². The molecule has 0 aliphatic carbocycles. The lowest BCUT2D eigenvalue weighted by molar-refractivity contribution is -0.139. The molecule has 1 aliphatic heterocycles. The molecule has 0 saturated carbocycles. The average molecular weight is 427 g/mol. The monoisotopic (exact) mass is 426 g/mol. The van der Waals surface area contributed by atoms with Crippen LogP contribution in [0.25, 0.3) is 0 Å². The van der Waals surface area contributed by atoms with E-state index in [9.17, 15) is 14.4 Å². The molecule has 2 rings (SSSR count). The van der Waals surface area contributed by atoms with Crippen molar-refractivity contribution in [1.82, 2.24) is 15.2 Å². The Balaban J connectivity index is 2.09. The minimum absolute atomic E-state index is 0.140. The van der Waals surface area contributed by atoms with Gasteiger partial charge in [-0.1, -0.05) is 13.8 Å². The van der Waals surface area contributed by atoms with Gasteiger partial charge in [-0.2, -0.15) is 0 Å². The molecular weight excluding hydrogens is 404 g/mol. The molecule has 8 nitrogen and oxygen atoms in total. The van der Waals surface area contributed by atoms with Crippen LogP contribution in [0, 0.1) is 5.92 Å². The maximum atomic E-state index is 12.9. The van der Waals surface area contributed by atoms with Crippen LogP contribution in [-0.4, -0.2) is 53.5 Å². The van der Waals surface area contributed by atoms with Gasteiger partial charge in [-0.15, -0.1) is 0 Å². The number of rotatable bonds is 5. The molecule has 142 valence electrons. The standard InChI is InChI=1S/C17H23BrN4O4/c1-10(2)14(21-17(25)26-3)16(24)22-8-4-5-12(22)15(23)20-13-7-6-11(18)9-19-13/h6-7,9-10,12,14H,4-5,8H2,1-3H3,(H,21,25)(H,19,20,23). The molecule has 1 fully saturated rings. The van der Waals surface area contributed by atoms with E-state index < -0.39 is 18.2 Å². The number of pyridine rings is 1. The fourth-order valence-electron chi connectivity index (χ4n) is 2.84. The van der Waals surface area contributed by atoms with E-state index in [0.717, 1.165) is 10.9 Å². The molecule has 0 spiro atoms. The Labute approximate surface area is 160 Å². The van der Waals surface area contributed by atoms with Gasteiger partial charge in [0, 0.05) is 17.2 Å². The zero-order valence-corrected chi connectivity index (χ0v) is 16.6. The van der Waals surface area contributed by atoms with Crippen LogP contribution in [0.1, 0.15) is 26.7 Å². The molecule has 1 aliphatic rings. The summed E-state index contributed by atoms with van der Waals surface area (Å²) in [5, 5.41) is 5.30. The number of amides is 3. The van der Waals surface area contributed by atoms with Crippen LogP contribution in [0.2, 0.25) is 0 Å². The lowest BCUT2D eigenvalue weighted by Crippen LogP contribution is -2.54. The van der Waals surface area contributed by atoms with Gasteiger partial charge in [0.05, 0.1) is 7.11 Å². The summed E-state index contributed by atoms with van der Waals surface area (Å²) in [6.07, 6.45) is 2.20. The van der Waals surface area contributed by atoms with E-state index in [1.165, 1.54) is 12.0 Å². The van der Waals surface area contributed by atoms with Crippen molar-refractivity contribution in [1.29, 1.82) is 0 Å². The Morgan fingerprint density at radius 1 is 1.35 bits per heavy atom. The van der Waals surface area contributed by atoms with E-state index in [-0.39, 0.29) is 17.7 Å². The molecule has 9 heteroatoms. The number of hydrogen-bond acceptors (Lipinski definition) is 5. The maximum absolute atomic E-state index is 12.9. The summed E-state index contributed by atoms with van der Waals surface area (Å²) >= 11 is 3.29. The summed E-state index contributed by atoms with van der Waals surface area (Å²) in [6, 6.07) is 2.11. The van der Waals surface area contributed by atoms with Gasteiger partial charge in [-0.25, -0.2) is 9.78 Å². The SMILES string of the molecule is COC(=O)NC(C(=O)N1CCCC1C(=O)Nc1ccc(Br)cn1)C(C)C. The number of anilines is 1. The Morgan fingerprint density at radius 2 is 2.08 bits per heavy atom. The van der Waals surface area contributed by atoms with Crippen molar-refractivity contribution in [3.05, 3.63) is 22.8 Å². The zero-order chi connectivity index (χ0) is 19.3. The average Bonchev–Trinajstić information content (AvgIpc) is 3.10. The fourth-order valence-corrected chi connectivity index (χ4v) is 3.08. The molecule has 3 amide bonds. The summed E-state index contributed by atoms with van der Waals surface area (Å²) in [7, 11) is 1.24. The largest absolute Gasteiger partial charge is 0.453 e. The Hall–Kier alpha value is -2.16. The third-order valence-electron chi connectivity index (χ3n) is 4.21. The molecule has 2 heterocycles. The number of nitrogens with zero attached hydrogens (tertiary/aromatic N) is 2. The number of ether oxygens (including phenoxy) is 1. The lowest BCUT2D eigenvalue weighted by atomic mass is 10.0. The van der Waals surface area contributed by atoms with Crippen molar-refractivity contribution < 1.29 is 19.1 Å². The normalized spacial score (nSPS) is 17.7. The molecule has 2 atom stereocenters. The summed E-state index contributed by atoms with van der Waals surface area (Å²) in [5.74, 6) is -0.289. The summed E-state index contributed by atoms with van der Waals surface area (Å²) in [6.45, 7) is 4.13. The highest BCUT2D eigenvalue weighted by molar-refractivity contribution is 9.10. The quantitative estimate of drug-likeness (QED) is 0.750. The molecule has 26 heavy (non-hydrogen) atoms. The summed E-state index contributed by atoms with van der Waals surface area (Å²) < 4.78 is 5.40. The molecule has 1 saturated heterocycles. The number of carbonyl (C=O) groups is 3. The number of halogens is 1. The van der Waals surface area contributed by atoms with Gasteiger partial charge in [0.25, 0.3) is 0 Å². The van der Waals surface area contributed by atoms with E-state index in [4.69, 9.17) is 0 Å². The van der Waals surface area contributed by atoms with E-state index in [2.05, 4.69) is 36.3 Å². The first-order valence-corrected chi connectivity index (χ1v) is 9.20. The van der Waals surface area contributed by atoms with Gasteiger partial charge >= 0.3 is 6.09 Å². The minimum atomic E-state index is -0.748. The highest BCUT2D eigenvalue weighted by Crippen LogP contribution is 2.22. The molecular formula is C17H23BrN4O4. The van der Waals surface area contributed by atoms with Gasteiger partial charge in [-0.05, 0) is 46.8 Å². The second kappa shape index (κ2) is 8.98. The van der Waals surface area contributed by atoms with Crippen molar-refractivity contribution in [2.24, 2.45) is 5.92 Å². The Bertz CT molecular complexity index is 665. The van der Waals surface area contributed by atoms with Crippen molar-refractivity contribution in [2.45, 2.75) is 38.8 Å². The van der Waals surface area contributed by atoms with Gasteiger partial charge in [0.2, 0.25) is 11.8 Å². The third-order valence-corrected chi connectivity index (χ3v) is 4.68. The zero-order valence-electron chi connectivity index (χ0n) is 15.0. The first kappa shape index (κ1) is 20.2. The van der Waals surface area contributed by atoms with Crippen molar-refractivity contribution in [3.63, 3.8) is 0 Å². The predicted octanol–water partition coefficient (Wildman–Crippen LogP) is 2.15. The number of nitrogens with one attached hydrogen (secondary N) is 2.